The van der Waals surface area contributed by atoms with Gasteiger partial charge in [0.2, 0.25) is 5.91 Å². The van der Waals surface area contributed by atoms with Gasteiger partial charge in [0, 0.05) is 28.8 Å². The topological polar surface area (TPSA) is 58.6 Å². The van der Waals surface area contributed by atoms with E-state index in [1.165, 1.54) is 0 Å². The fraction of sp³-hybridized carbons (Fsp3) is 0.533. The van der Waals surface area contributed by atoms with Gasteiger partial charge in [-0.2, -0.15) is 0 Å². The van der Waals surface area contributed by atoms with Crippen molar-refractivity contribution in [2.45, 2.75) is 37.8 Å². The number of carbonyl (C=O) groups excluding carboxylic acids is 1. The Morgan fingerprint density at radius 1 is 1.33 bits per heavy atom. The van der Waals surface area contributed by atoms with Crippen LogP contribution in [0.15, 0.2) is 18.2 Å². The van der Waals surface area contributed by atoms with Crippen molar-refractivity contribution >= 4 is 29.1 Å². The zero-order valence-electron chi connectivity index (χ0n) is 11.9. The van der Waals surface area contributed by atoms with Crippen molar-refractivity contribution in [3.63, 3.8) is 0 Å². The standard InChI is InChI=1S/C15H19Cl2NO3/c1-15(2-4-21-5-3-15)18-14(20)9-13(19)10-6-11(16)8-12(17)7-10/h6-8,13,19H,2-5,9H2,1H3,(H,18,20)/t13-/m1/s1. The molecule has 0 aromatic heterocycles. The van der Waals surface area contributed by atoms with Crippen LogP contribution in [0.5, 0.6) is 0 Å². The number of halogens is 2. The average Bonchev–Trinajstić information content (AvgIpc) is 2.37. The number of amides is 1. The smallest absolute Gasteiger partial charge is 0.223 e. The molecule has 1 amide bonds. The minimum absolute atomic E-state index is 0.0207. The monoisotopic (exact) mass is 331 g/mol. The predicted octanol–water partition coefficient (Wildman–Crippen LogP) is 3.10. The fourth-order valence-corrected chi connectivity index (χ4v) is 2.94. The van der Waals surface area contributed by atoms with Crippen molar-refractivity contribution in [3.05, 3.63) is 33.8 Å². The highest BCUT2D eigenvalue weighted by Gasteiger charge is 2.29. The minimum atomic E-state index is -0.926. The van der Waals surface area contributed by atoms with E-state index >= 15 is 0 Å². The van der Waals surface area contributed by atoms with E-state index in [0.29, 0.717) is 28.8 Å². The molecule has 2 N–H and O–H groups in total. The van der Waals surface area contributed by atoms with E-state index in [0.717, 1.165) is 12.8 Å². The first-order valence-electron chi connectivity index (χ1n) is 6.91. The second-order valence-electron chi connectivity index (χ2n) is 5.64. The Labute approximate surface area is 134 Å². The van der Waals surface area contributed by atoms with Crippen LogP contribution in [0.1, 0.15) is 37.9 Å². The molecule has 0 saturated carbocycles. The van der Waals surface area contributed by atoms with Gasteiger partial charge in [-0.1, -0.05) is 23.2 Å². The molecule has 21 heavy (non-hydrogen) atoms. The van der Waals surface area contributed by atoms with Crippen molar-refractivity contribution in [2.24, 2.45) is 0 Å². The third kappa shape index (κ3) is 4.85. The van der Waals surface area contributed by atoms with Crippen LogP contribution < -0.4 is 5.32 Å². The second kappa shape index (κ2) is 6.97. The molecular formula is C15H19Cl2NO3. The first kappa shape index (κ1) is 16.6. The number of hydrogen-bond donors (Lipinski definition) is 2. The van der Waals surface area contributed by atoms with Gasteiger partial charge in [-0.15, -0.1) is 0 Å². The van der Waals surface area contributed by atoms with Gasteiger partial charge in [0.1, 0.15) is 0 Å². The van der Waals surface area contributed by atoms with E-state index in [-0.39, 0.29) is 17.9 Å². The molecule has 1 aromatic rings. The number of ether oxygens (including phenoxy) is 1. The van der Waals surface area contributed by atoms with Gasteiger partial charge in [0.25, 0.3) is 0 Å². The van der Waals surface area contributed by atoms with Crippen molar-refractivity contribution in [3.8, 4) is 0 Å². The SMILES string of the molecule is CC1(NC(=O)C[C@@H](O)c2cc(Cl)cc(Cl)c2)CCOCC1. The van der Waals surface area contributed by atoms with Crippen molar-refractivity contribution in [1.29, 1.82) is 0 Å². The molecule has 0 radical (unpaired) electrons. The Bertz CT molecular complexity index is 495. The molecule has 4 nitrogen and oxygen atoms in total. The van der Waals surface area contributed by atoms with E-state index in [1.807, 2.05) is 6.92 Å². The van der Waals surface area contributed by atoms with E-state index in [4.69, 9.17) is 27.9 Å². The highest BCUT2D eigenvalue weighted by Crippen LogP contribution is 2.26. The third-order valence-corrected chi connectivity index (χ3v) is 4.12. The van der Waals surface area contributed by atoms with Gasteiger partial charge in [0.15, 0.2) is 0 Å². The lowest BCUT2D eigenvalue weighted by Gasteiger charge is -2.34. The third-order valence-electron chi connectivity index (χ3n) is 3.69. The molecule has 1 saturated heterocycles. The number of aliphatic hydroxyl groups is 1. The number of aliphatic hydroxyl groups excluding tert-OH is 1. The normalized spacial score (nSPS) is 19.0. The van der Waals surface area contributed by atoms with Gasteiger partial charge < -0.3 is 15.2 Å². The fourth-order valence-electron chi connectivity index (χ4n) is 2.40. The molecule has 1 fully saturated rings. The number of carbonyl (C=O) groups is 1. The van der Waals surface area contributed by atoms with Gasteiger partial charge in [-0.3, -0.25) is 4.79 Å². The maximum atomic E-state index is 12.1. The number of hydrogen-bond acceptors (Lipinski definition) is 3. The highest BCUT2D eigenvalue weighted by atomic mass is 35.5. The molecule has 0 unspecified atom stereocenters. The summed E-state index contributed by atoms with van der Waals surface area (Å²) in [4.78, 5) is 12.1. The van der Waals surface area contributed by atoms with Crippen molar-refractivity contribution in [1.82, 2.24) is 5.32 Å². The Balaban J connectivity index is 1.95. The largest absolute Gasteiger partial charge is 0.388 e. The van der Waals surface area contributed by atoms with Gasteiger partial charge in [-0.05, 0) is 43.5 Å². The predicted molar refractivity (Wildman–Crippen MR) is 82.6 cm³/mol. The zero-order valence-corrected chi connectivity index (χ0v) is 13.4. The molecule has 1 heterocycles. The molecule has 1 aromatic carbocycles. The Hall–Kier alpha value is -0.810. The van der Waals surface area contributed by atoms with Gasteiger partial charge in [-0.25, -0.2) is 0 Å². The summed E-state index contributed by atoms with van der Waals surface area (Å²) in [5.41, 5.74) is 0.279. The van der Waals surface area contributed by atoms with Crippen LogP contribution in [0.25, 0.3) is 0 Å². The molecule has 2 rings (SSSR count). The van der Waals surface area contributed by atoms with Gasteiger partial charge in [0.05, 0.1) is 12.5 Å². The van der Waals surface area contributed by atoms with Crippen LogP contribution in [0, 0.1) is 0 Å². The molecule has 1 aliphatic rings. The summed E-state index contributed by atoms with van der Waals surface area (Å²) in [5.74, 6) is -0.192. The summed E-state index contributed by atoms with van der Waals surface area (Å²) in [6.45, 7) is 3.28. The molecule has 0 bridgehead atoms. The van der Waals surface area contributed by atoms with Gasteiger partial charge >= 0.3 is 0 Å². The molecule has 0 aliphatic carbocycles. The van der Waals surface area contributed by atoms with Crippen LogP contribution in [-0.4, -0.2) is 29.8 Å². The molecule has 116 valence electrons. The molecule has 6 heteroatoms. The lowest BCUT2D eigenvalue weighted by molar-refractivity contribution is -0.126. The average molecular weight is 332 g/mol. The summed E-state index contributed by atoms with van der Waals surface area (Å²) >= 11 is 11.8. The van der Waals surface area contributed by atoms with E-state index < -0.39 is 6.10 Å². The lowest BCUT2D eigenvalue weighted by atomic mass is 9.92. The Kier molecular flexibility index (Phi) is 5.49. The molecule has 1 aliphatic heterocycles. The molecular weight excluding hydrogens is 313 g/mol. The Morgan fingerprint density at radius 3 is 2.48 bits per heavy atom. The first-order chi connectivity index (χ1) is 9.88. The van der Waals surface area contributed by atoms with Crippen molar-refractivity contribution in [2.75, 3.05) is 13.2 Å². The number of rotatable bonds is 4. The van der Waals surface area contributed by atoms with Crippen LogP contribution >= 0.6 is 23.2 Å². The Morgan fingerprint density at radius 2 is 1.90 bits per heavy atom. The van der Waals surface area contributed by atoms with E-state index in [2.05, 4.69) is 5.32 Å². The quantitative estimate of drug-likeness (QED) is 0.891. The molecule has 1 atom stereocenters. The summed E-state index contributed by atoms with van der Waals surface area (Å²) in [6, 6.07) is 4.81. The maximum Gasteiger partial charge on any atom is 0.223 e. The van der Waals surface area contributed by atoms with Crippen LogP contribution in [-0.2, 0) is 9.53 Å². The van der Waals surface area contributed by atoms with Crippen LogP contribution in [0.3, 0.4) is 0 Å². The summed E-state index contributed by atoms with van der Waals surface area (Å²) < 4.78 is 5.29. The maximum absolute atomic E-state index is 12.1. The number of benzene rings is 1. The summed E-state index contributed by atoms with van der Waals surface area (Å²) in [6.07, 6.45) is 0.604. The lowest BCUT2D eigenvalue weighted by Crippen LogP contribution is -2.49. The minimum Gasteiger partial charge on any atom is -0.388 e. The summed E-state index contributed by atoms with van der Waals surface area (Å²) in [5, 5.41) is 14.0. The zero-order chi connectivity index (χ0) is 15.5. The van der Waals surface area contributed by atoms with Crippen molar-refractivity contribution < 1.29 is 14.6 Å². The first-order valence-corrected chi connectivity index (χ1v) is 7.66. The van der Waals surface area contributed by atoms with Crippen LogP contribution in [0.4, 0.5) is 0 Å². The highest BCUT2D eigenvalue weighted by molar-refractivity contribution is 6.34. The van der Waals surface area contributed by atoms with Crippen LogP contribution in [0.2, 0.25) is 10.0 Å². The second-order valence-corrected chi connectivity index (χ2v) is 6.52. The van der Waals surface area contributed by atoms with E-state index in [9.17, 15) is 9.90 Å². The van der Waals surface area contributed by atoms with E-state index in [1.54, 1.807) is 18.2 Å². The molecule has 0 spiro atoms. The summed E-state index contributed by atoms with van der Waals surface area (Å²) in [7, 11) is 0. The number of nitrogens with one attached hydrogen (secondary N) is 1.